The highest BCUT2D eigenvalue weighted by atomic mass is 15.2. The fourth-order valence-electron chi connectivity index (χ4n) is 1.72. The van der Waals surface area contributed by atoms with E-state index in [2.05, 4.69) is 27.2 Å². The van der Waals surface area contributed by atoms with Gasteiger partial charge in [-0.15, -0.1) is 0 Å². The third-order valence-corrected chi connectivity index (χ3v) is 2.87. The zero-order valence-corrected chi connectivity index (χ0v) is 11.7. The first-order chi connectivity index (χ1) is 9.20. The number of anilines is 2. The van der Waals surface area contributed by atoms with Gasteiger partial charge in [0.25, 0.3) is 0 Å². The van der Waals surface area contributed by atoms with Gasteiger partial charge in [0.1, 0.15) is 17.5 Å². The van der Waals surface area contributed by atoms with Crippen LogP contribution in [0.15, 0.2) is 24.8 Å². The van der Waals surface area contributed by atoms with E-state index in [1.807, 2.05) is 29.8 Å². The van der Waals surface area contributed by atoms with Gasteiger partial charge in [-0.05, 0) is 6.42 Å². The van der Waals surface area contributed by atoms with Gasteiger partial charge < -0.3 is 14.8 Å². The molecule has 0 radical (unpaired) electrons. The number of imidazole rings is 1. The van der Waals surface area contributed by atoms with Crippen molar-refractivity contribution in [3.05, 3.63) is 30.6 Å². The second kappa shape index (κ2) is 6.17. The Hall–Kier alpha value is -2.11. The largest absolute Gasteiger partial charge is 0.369 e. The van der Waals surface area contributed by atoms with E-state index in [-0.39, 0.29) is 0 Å². The van der Waals surface area contributed by atoms with E-state index in [0.717, 1.165) is 30.4 Å². The first kappa shape index (κ1) is 13.3. The molecule has 102 valence electrons. The summed E-state index contributed by atoms with van der Waals surface area (Å²) in [5.74, 6) is 2.64. The fraction of sp³-hybridized carbons (Fsp3) is 0.462. The highest BCUT2D eigenvalue weighted by molar-refractivity contribution is 5.43. The van der Waals surface area contributed by atoms with Crippen LogP contribution in [0.1, 0.15) is 19.2 Å². The van der Waals surface area contributed by atoms with Crippen molar-refractivity contribution in [2.24, 2.45) is 7.05 Å². The molecule has 2 rings (SSSR count). The minimum atomic E-state index is 0.704. The Kier molecular flexibility index (Phi) is 4.33. The molecule has 2 aromatic heterocycles. The van der Waals surface area contributed by atoms with Gasteiger partial charge in [0.2, 0.25) is 0 Å². The highest BCUT2D eigenvalue weighted by Gasteiger charge is 2.08. The van der Waals surface area contributed by atoms with Crippen molar-refractivity contribution in [2.45, 2.75) is 19.9 Å². The normalized spacial score (nSPS) is 10.5. The summed E-state index contributed by atoms with van der Waals surface area (Å²) < 4.78 is 2.00. The molecule has 19 heavy (non-hydrogen) atoms. The number of hydrogen-bond donors (Lipinski definition) is 1. The number of aryl methyl sites for hydroxylation is 1. The van der Waals surface area contributed by atoms with Gasteiger partial charge in [-0.2, -0.15) is 0 Å². The molecule has 6 heteroatoms. The first-order valence-electron chi connectivity index (χ1n) is 6.44. The summed E-state index contributed by atoms with van der Waals surface area (Å²) in [6.07, 6.45) is 8.31. The molecule has 0 aliphatic heterocycles. The quantitative estimate of drug-likeness (QED) is 0.856. The van der Waals surface area contributed by atoms with Crippen LogP contribution in [0.5, 0.6) is 0 Å². The molecule has 2 aromatic rings. The average molecular weight is 260 g/mol. The predicted octanol–water partition coefficient (Wildman–Crippen LogP) is 1.67. The summed E-state index contributed by atoms with van der Waals surface area (Å²) in [5, 5.41) is 3.24. The molecule has 0 aromatic carbocycles. The third-order valence-electron chi connectivity index (χ3n) is 2.87. The van der Waals surface area contributed by atoms with Crippen LogP contribution in [0.25, 0.3) is 0 Å². The molecular weight excluding hydrogens is 240 g/mol. The molecule has 0 spiro atoms. The summed E-state index contributed by atoms with van der Waals surface area (Å²) in [6.45, 7) is 3.73. The number of nitrogens with one attached hydrogen (secondary N) is 1. The molecule has 0 aliphatic carbocycles. The Bertz CT molecular complexity index is 521. The van der Waals surface area contributed by atoms with Gasteiger partial charge >= 0.3 is 0 Å². The molecule has 0 atom stereocenters. The van der Waals surface area contributed by atoms with Crippen LogP contribution in [0.4, 0.5) is 11.6 Å². The molecule has 0 aliphatic rings. The smallest absolute Gasteiger partial charge is 0.149 e. The van der Waals surface area contributed by atoms with Gasteiger partial charge in [0.05, 0.1) is 18.9 Å². The lowest BCUT2D eigenvalue weighted by molar-refractivity contribution is 0.754. The van der Waals surface area contributed by atoms with Crippen molar-refractivity contribution in [2.75, 3.05) is 23.8 Å². The standard InChI is InChI=1S/C13H20N6/c1-4-5-15-11-8-14-9-12(17-11)19(3)10-13-16-6-7-18(13)2/h6-9H,4-5,10H2,1-3H3,(H,15,17). The average Bonchev–Trinajstić information content (AvgIpc) is 2.82. The highest BCUT2D eigenvalue weighted by Crippen LogP contribution is 2.13. The van der Waals surface area contributed by atoms with Crippen LogP contribution >= 0.6 is 0 Å². The van der Waals surface area contributed by atoms with Crippen LogP contribution < -0.4 is 10.2 Å². The van der Waals surface area contributed by atoms with Crippen LogP contribution in [-0.4, -0.2) is 33.1 Å². The van der Waals surface area contributed by atoms with E-state index in [4.69, 9.17) is 0 Å². The molecule has 0 unspecified atom stereocenters. The molecule has 0 bridgehead atoms. The van der Waals surface area contributed by atoms with Crippen molar-refractivity contribution in [3.8, 4) is 0 Å². The summed E-state index contributed by atoms with van der Waals surface area (Å²) in [6, 6.07) is 0. The van der Waals surface area contributed by atoms with Crippen molar-refractivity contribution in [1.82, 2.24) is 19.5 Å². The summed E-state index contributed by atoms with van der Waals surface area (Å²) in [4.78, 5) is 15.1. The number of nitrogens with zero attached hydrogens (tertiary/aromatic N) is 5. The summed E-state index contributed by atoms with van der Waals surface area (Å²) in [7, 11) is 3.98. The summed E-state index contributed by atoms with van der Waals surface area (Å²) >= 11 is 0. The zero-order valence-electron chi connectivity index (χ0n) is 11.7. The van der Waals surface area contributed by atoms with E-state index in [0.29, 0.717) is 6.54 Å². The molecule has 0 fully saturated rings. The Morgan fingerprint density at radius 3 is 2.89 bits per heavy atom. The maximum atomic E-state index is 4.54. The molecular formula is C13H20N6. The maximum Gasteiger partial charge on any atom is 0.149 e. The third kappa shape index (κ3) is 3.43. The van der Waals surface area contributed by atoms with Crippen molar-refractivity contribution in [3.63, 3.8) is 0 Å². The SMILES string of the molecule is CCCNc1cncc(N(C)Cc2nccn2C)n1. The zero-order chi connectivity index (χ0) is 13.7. The molecule has 6 nitrogen and oxygen atoms in total. The second-order valence-electron chi connectivity index (χ2n) is 4.50. The van der Waals surface area contributed by atoms with E-state index in [1.54, 1.807) is 18.6 Å². The number of hydrogen-bond acceptors (Lipinski definition) is 5. The van der Waals surface area contributed by atoms with E-state index in [9.17, 15) is 0 Å². The van der Waals surface area contributed by atoms with Crippen LogP contribution in [0.3, 0.4) is 0 Å². The predicted molar refractivity (Wildman–Crippen MR) is 76.1 cm³/mol. The van der Waals surface area contributed by atoms with Crippen LogP contribution in [0.2, 0.25) is 0 Å². The summed E-state index contributed by atoms with van der Waals surface area (Å²) in [5.41, 5.74) is 0. The van der Waals surface area contributed by atoms with Gasteiger partial charge in [-0.25, -0.2) is 9.97 Å². The molecule has 1 N–H and O–H groups in total. The minimum Gasteiger partial charge on any atom is -0.369 e. The lowest BCUT2D eigenvalue weighted by Crippen LogP contribution is -2.20. The Morgan fingerprint density at radius 1 is 1.37 bits per heavy atom. The molecule has 0 saturated carbocycles. The van der Waals surface area contributed by atoms with Crippen molar-refractivity contribution in [1.29, 1.82) is 0 Å². The number of rotatable bonds is 6. The Labute approximate surface area is 113 Å². The Morgan fingerprint density at radius 2 is 2.21 bits per heavy atom. The number of aromatic nitrogens is 4. The monoisotopic (exact) mass is 260 g/mol. The second-order valence-corrected chi connectivity index (χ2v) is 4.50. The van der Waals surface area contributed by atoms with Gasteiger partial charge in [-0.3, -0.25) is 4.98 Å². The van der Waals surface area contributed by atoms with Gasteiger partial charge in [0.15, 0.2) is 0 Å². The van der Waals surface area contributed by atoms with E-state index in [1.165, 1.54) is 0 Å². The fourth-order valence-corrected chi connectivity index (χ4v) is 1.72. The Balaban J connectivity index is 2.06. The molecule has 0 saturated heterocycles. The van der Waals surface area contributed by atoms with Gasteiger partial charge in [0, 0.05) is 33.0 Å². The van der Waals surface area contributed by atoms with E-state index < -0.39 is 0 Å². The van der Waals surface area contributed by atoms with Crippen LogP contribution in [-0.2, 0) is 13.6 Å². The minimum absolute atomic E-state index is 0.704. The lowest BCUT2D eigenvalue weighted by atomic mass is 10.4. The lowest BCUT2D eigenvalue weighted by Gasteiger charge is -2.18. The van der Waals surface area contributed by atoms with Gasteiger partial charge in [-0.1, -0.05) is 6.92 Å². The van der Waals surface area contributed by atoms with Crippen molar-refractivity contribution < 1.29 is 0 Å². The van der Waals surface area contributed by atoms with Crippen LogP contribution in [0, 0.1) is 0 Å². The van der Waals surface area contributed by atoms with Crippen molar-refractivity contribution >= 4 is 11.6 Å². The van der Waals surface area contributed by atoms with E-state index >= 15 is 0 Å². The molecule has 0 amide bonds. The molecule has 2 heterocycles. The first-order valence-corrected chi connectivity index (χ1v) is 6.44. The topological polar surface area (TPSA) is 58.9 Å². The maximum absolute atomic E-state index is 4.54.